The second kappa shape index (κ2) is 6.43. The van der Waals surface area contributed by atoms with Gasteiger partial charge in [-0.15, -0.1) is 0 Å². The standard InChI is InChI=1S/C16H16F3N5O2/c1-2-24-13(11(16(17,18)19)12(23-24)8-3-4-8)15(26)22-9-5-6-21-10(7-9)14(20)25/h5-8H,2-4H2,1H3,(H2,20,25)(H,21,22,26). The molecule has 2 aromatic rings. The van der Waals surface area contributed by atoms with E-state index in [1.165, 1.54) is 18.3 Å². The largest absolute Gasteiger partial charge is 0.420 e. The zero-order valence-electron chi connectivity index (χ0n) is 13.8. The molecule has 3 N–H and O–H groups in total. The molecule has 0 aromatic carbocycles. The summed E-state index contributed by atoms with van der Waals surface area (Å²) in [6.45, 7) is 1.72. The summed E-state index contributed by atoms with van der Waals surface area (Å²) in [5.74, 6) is -2.04. The highest BCUT2D eigenvalue weighted by Gasteiger charge is 2.45. The molecule has 1 aliphatic carbocycles. The molecular formula is C16H16F3N5O2. The van der Waals surface area contributed by atoms with Crippen molar-refractivity contribution < 1.29 is 22.8 Å². The quantitative estimate of drug-likeness (QED) is 0.848. The lowest BCUT2D eigenvalue weighted by Crippen LogP contribution is -2.22. The SMILES string of the molecule is CCn1nc(C2CC2)c(C(F)(F)F)c1C(=O)Nc1ccnc(C(N)=O)c1. The topological polar surface area (TPSA) is 103 Å². The first-order valence-electron chi connectivity index (χ1n) is 7.97. The number of rotatable bonds is 5. The van der Waals surface area contributed by atoms with E-state index in [1.54, 1.807) is 6.92 Å². The van der Waals surface area contributed by atoms with Gasteiger partial charge in [0, 0.05) is 24.3 Å². The molecule has 138 valence electrons. The van der Waals surface area contributed by atoms with E-state index in [9.17, 15) is 22.8 Å². The maximum atomic E-state index is 13.6. The van der Waals surface area contributed by atoms with Crippen LogP contribution in [0.2, 0.25) is 0 Å². The Morgan fingerprint density at radius 1 is 1.38 bits per heavy atom. The number of halogens is 3. The Balaban J connectivity index is 2.01. The number of alkyl halides is 3. The number of primary amides is 1. The molecule has 0 aliphatic heterocycles. The summed E-state index contributed by atoms with van der Waals surface area (Å²) in [5.41, 5.74) is 3.50. The molecule has 0 bridgehead atoms. The van der Waals surface area contributed by atoms with Crippen LogP contribution in [0.25, 0.3) is 0 Å². The van der Waals surface area contributed by atoms with Crippen molar-refractivity contribution in [2.24, 2.45) is 5.73 Å². The van der Waals surface area contributed by atoms with E-state index in [-0.39, 0.29) is 29.5 Å². The molecule has 0 unspecified atom stereocenters. The van der Waals surface area contributed by atoms with Crippen molar-refractivity contribution in [2.45, 2.75) is 38.4 Å². The molecule has 0 radical (unpaired) electrons. The summed E-state index contributed by atoms with van der Waals surface area (Å²) >= 11 is 0. The van der Waals surface area contributed by atoms with Gasteiger partial charge in [-0.05, 0) is 31.9 Å². The van der Waals surface area contributed by atoms with Crippen molar-refractivity contribution in [1.29, 1.82) is 0 Å². The van der Waals surface area contributed by atoms with Crippen molar-refractivity contribution in [1.82, 2.24) is 14.8 Å². The van der Waals surface area contributed by atoms with Crippen molar-refractivity contribution in [3.8, 4) is 0 Å². The molecular weight excluding hydrogens is 351 g/mol. The molecule has 0 spiro atoms. The van der Waals surface area contributed by atoms with E-state index in [0.717, 1.165) is 4.68 Å². The summed E-state index contributed by atoms with van der Waals surface area (Å²) in [7, 11) is 0. The number of hydrogen-bond donors (Lipinski definition) is 2. The number of nitrogens with two attached hydrogens (primary N) is 1. The highest BCUT2D eigenvalue weighted by Crippen LogP contribution is 2.46. The fourth-order valence-electron chi connectivity index (χ4n) is 2.70. The number of hydrogen-bond acceptors (Lipinski definition) is 4. The third-order valence-corrected chi connectivity index (χ3v) is 4.01. The van der Waals surface area contributed by atoms with Crippen LogP contribution in [0.5, 0.6) is 0 Å². The number of nitrogens with zero attached hydrogens (tertiary/aromatic N) is 3. The Hall–Kier alpha value is -2.91. The lowest BCUT2D eigenvalue weighted by molar-refractivity contribution is -0.138. The third kappa shape index (κ3) is 3.39. The van der Waals surface area contributed by atoms with Crippen molar-refractivity contribution in [3.63, 3.8) is 0 Å². The third-order valence-electron chi connectivity index (χ3n) is 4.01. The molecule has 3 rings (SSSR count). The van der Waals surface area contributed by atoms with Gasteiger partial charge in [0.25, 0.3) is 11.8 Å². The average molecular weight is 367 g/mol. The van der Waals surface area contributed by atoms with E-state index in [2.05, 4.69) is 15.4 Å². The van der Waals surface area contributed by atoms with Crippen LogP contribution in [-0.4, -0.2) is 26.6 Å². The average Bonchev–Trinajstić information content (AvgIpc) is 3.33. The van der Waals surface area contributed by atoms with E-state index in [1.807, 2.05) is 0 Å². The van der Waals surface area contributed by atoms with Gasteiger partial charge in [0.2, 0.25) is 0 Å². The van der Waals surface area contributed by atoms with Gasteiger partial charge < -0.3 is 11.1 Å². The second-order valence-electron chi connectivity index (χ2n) is 5.94. The first kappa shape index (κ1) is 17.9. The number of pyridine rings is 1. The Morgan fingerprint density at radius 2 is 2.08 bits per heavy atom. The minimum atomic E-state index is -4.70. The van der Waals surface area contributed by atoms with E-state index < -0.39 is 29.2 Å². The zero-order valence-corrected chi connectivity index (χ0v) is 13.8. The molecule has 0 saturated heterocycles. The molecule has 2 aromatic heterocycles. The number of carbonyl (C=O) groups is 2. The summed E-state index contributed by atoms with van der Waals surface area (Å²) in [6.07, 6.45) is -2.23. The number of aryl methyl sites for hydroxylation is 1. The van der Waals surface area contributed by atoms with Crippen LogP contribution in [0, 0.1) is 0 Å². The summed E-state index contributed by atoms with van der Waals surface area (Å²) in [4.78, 5) is 27.5. The number of nitrogens with one attached hydrogen (secondary N) is 1. The second-order valence-corrected chi connectivity index (χ2v) is 5.94. The van der Waals surface area contributed by atoms with Crippen LogP contribution >= 0.6 is 0 Å². The number of carbonyl (C=O) groups excluding carboxylic acids is 2. The number of anilines is 1. The maximum absolute atomic E-state index is 13.6. The zero-order chi connectivity index (χ0) is 19.1. The molecule has 2 heterocycles. The maximum Gasteiger partial charge on any atom is 0.420 e. The molecule has 1 fully saturated rings. The predicted octanol–water partition coefficient (Wildman–Crippen LogP) is 2.55. The molecule has 26 heavy (non-hydrogen) atoms. The molecule has 0 atom stereocenters. The first-order valence-corrected chi connectivity index (χ1v) is 7.97. The van der Waals surface area contributed by atoms with Crippen LogP contribution < -0.4 is 11.1 Å². The molecule has 2 amide bonds. The highest BCUT2D eigenvalue weighted by molar-refractivity contribution is 6.05. The lowest BCUT2D eigenvalue weighted by atomic mass is 10.1. The number of aromatic nitrogens is 3. The monoisotopic (exact) mass is 367 g/mol. The lowest BCUT2D eigenvalue weighted by Gasteiger charge is -2.12. The normalized spacial score (nSPS) is 14.3. The molecule has 10 heteroatoms. The van der Waals surface area contributed by atoms with E-state index >= 15 is 0 Å². The highest BCUT2D eigenvalue weighted by atomic mass is 19.4. The number of amides is 2. The Morgan fingerprint density at radius 3 is 2.62 bits per heavy atom. The molecule has 1 saturated carbocycles. The van der Waals surface area contributed by atoms with Crippen molar-refractivity contribution in [2.75, 3.05) is 5.32 Å². The minimum Gasteiger partial charge on any atom is -0.364 e. The van der Waals surface area contributed by atoms with Gasteiger partial charge in [-0.1, -0.05) is 0 Å². The van der Waals surface area contributed by atoms with Crippen molar-refractivity contribution in [3.05, 3.63) is 41.0 Å². The Bertz CT molecular complexity index is 871. The fourth-order valence-corrected chi connectivity index (χ4v) is 2.70. The van der Waals surface area contributed by atoms with Gasteiger partial charge in [-0.25, -0.2) is 0 Å². The Kier molecular flexibility index (Phi) is 4.43. The van der Waals surface area contributed by atoms with E-state index in [4.69, 9.17) is 5.73 Å². The van der Waals surface area contributed by atoms with Gasteiger partial charge in [-0.2, -0.15) is 18.3 Å². The van der Waals surface area contributed by atoms with Crippen LogP contribution in [0.3, 0.4) is 0 Å². The summed E-state index contributed by atoms with van der Waals surface area (Å²) < 4.78 is 41.9. The Labute approximate surface area is 146 Å². The summed E-state index contributed by atoms with van der Waals surface area (Å²) in [6, 6.07) is 2.55. The van der Waals surface area contributed by atoms with Gasteiger partial charge in [-0.3, -0.25) is 19.3 Å². The van der Waals surface area contributed by atoms with Crippen molar-refractivity contribution >= 4 is 17.5 Å². The van der Waals surface area contributed by atoms with Crippen LogP contribution in [0.1, 0.15) is 57.9 Å². The smallest absolute Gasteiger partial charge is 0.364 e. The predicted molar refractivity (Wildman–Crippen MR) is 85.6 cm³/mol. The first-order chi connectivity index (χ1) is 12.2. The summed E-state index contributed by atoms with van der Waals surface area (Å²) in [5, 5.41) is 6.38. The van der Waals surface area contributed by atoms with Crippen LogP contribution in [0.4, 0.5) is 18.9 Å². The van der Waals surface area contributed by atoms with Gasteiger partial charge in [0.15, 0.2) is 0 Å². The van der Waals surface area contributed by atoms with Crippen LogP contribution in [-0.2, 0) is 12.7 Å². The van der Waals surface area contributed by atoms with E-state index in [0.29, 0.717) is 12.8 Å². The molecule has 1 aliphatic rings. The van der Waals surface area contributed by atoms with Gasteiger partial charge in [0.1, 0.15) is 17.0 Å². The van der Waals surface area contributed by atoms with Crippen LogP contribution in [0.15, 0.2) is 18.3 Å². The molecule has 7 nitrogen and oxygen atoms in total. The van der Waals surface area contributed by atoms with Gasteiger partial charge in [0.05, 0.1) is 5.69 Å². The van der Waals surface area contributed by atoms with Gasteiger partial charge >= 0.3 is 6.18 Å². The fraction of sp³-hybridized carbons (Fsp3) is 0.375. The minimum absolute atomic E-state index is 0.0861.